The van der Waals surface area contributed by atoms with Gasteiger partial charge in [0.05, 0.1) is 0 Å². The van der Waals surface area contributed by atoms with Gasteiger partial charge in [-0.3, -0.25) is 4.79 Å². The van der Waals surface area contributed by atoms with Crippen molar-refractivity contribution in [2.24, 2.45) is 0 Å². The van der Waals surface area contributed by atoms with Crippen LogP contribution in [0, 0.1) is 6.92 Å². The van der Waals surface area contributed by atoms with E-state index in [0.717, 1.165) is 5.56 Å². The van der Waals surface area contributed by atoms with Gasteiger partial charge in [-0.15, -0.1) is 0 Å². The molecular weight excluding hydrogens is 244 g/mol. The molecule has 0 aromatic heterocycles. The summed E-state index contributed by atoms with van der Waals surface area (Å²) in [7, 11) is 0. The smallest absolute Gasteiger partial charge is 0.339 e. The maximum Gasteiger partial charge on any atom is 0.339 e. The Kier molecular flexibility index (Phi) is 4.98. The summed E-state index contributed by atoms with van der Waals surface area (Å²) in [5.41, 5.74) is 0.735. The number of hydrogen-bond acceptors (Lipinski definition) is 2. The van der Waals surface area contributed by atoms with E-state index in [9.17, 15) is 9.59 Å². The predicted molar refractivity (Wildman–Crippen MR) is 52.3 cm³/mol. The summed E-state index contributed by atoms with van der Waals surface area (Å²) in [6.45, 7) is 4.97. The van der Waals surface area contributed by atoms with E-state index in [4.69, 9.17) is 5.11 Å². The van der Waals surface area contributed by atoms with Crippen LogP contribution in [0.3, 0.4) is 0 Å². The van der Waals surface area contributed by atoms with E-state index in [0.29, 0.717) is 5.56 Å². The van der Waals surface area contributed by atoms with Crippen LogP contribution >= 0.6 is 0 Å². The van der Waals surface area contributed by atoms with Crippen LogP contribution in [0.2, 0.25) is 0 Å². The molecule has 4 heteroatoms. The molecule has 1 N–H and O–H groups in total. The number of Topliss-reactive ketones (excluding diaryl/α,β-unsaturated/α-hetero) is 1. The number of hydrogen-bond donors (Lipinski definition) is 1. The molecule has 1 rings (SSSR count). The molecule has 0 unspecified atom stereocenters. The van der Waals surface area contributed by atoms with Gasteiger partial charge in [-0.05, 0) is 12.5 Å². The quantitative estimate of drug-likeness (QED) is 0.294. The normalized spacial score (nSPS) is 8.87. The van der Waals surface area contributed by atoms with Crippen LogP contribution < -0.4 is 0 Å². The first-order valence-electron chi connectivity index (χ1n) is 4.06. The van der Waals surface area contributed by atoms with E-state index in [-0.39, 0.29) is 17.1 Å². The summed E-state index contributed by atoms with van der Waals surface area (Å²) >= 11 is 0. The van der Waals surface area contributed by atoms with Crippen molar-refractivity contribution >= 4 is 11.8 Å². The second-order valence-electron chi connectivity index (χ2n) is 2.93. The van der Waals surface area contributed by atoms with Crippen molar-refractivity contribution in [2.45, 2.75) is 6.92 Å². The van der Waals surface area contributed by atoms with Crippen molar-refractivity contribution in [1.82, 2.24) is 0 Å². The molecular formula is C11H10CuO3. The second kappa shape index (κ2) is 5.49. The molecule has 0 atom stereocenters. The van der Waals surface area contributed by atoms with Gasteiger partial charge in [0.15, 0.2) is 5.78 Å². The van der Waals surface area contributed by atoms with Crippen LogP contribution in [0.25, 0.3) is 0 Å². The number of benzene rings is 1. The molecule has 1 aromatic rings. The molecule has 0 aliphatic rings. The van der Waals surface area contributed by atoms with Gasteiger partial charge in [0.1, 0.15) is 5.57 Å². The zero-order valence-electron chi connectivity index (χ0n) is 8.08. The minimum absolute atomic E-state index is 0. The van der Waals surface area contributed by atoms with Crippen LogP contribution in [0.5, 0.6) is 0 Å². The number of aryl methyl sites for hydroxylation is 1. The number of carboxylic acids is 1. The summed E-state index contributed by atoms with van der Waals surface area (Å²) in [6, 6.07) is 6.82. The molecule has 3 nitrogen and oxygen atoms in total. The molecule has 0 amide bonds. The van der Waals surface area contributed by atoms with Crippen molar-refractivity contribution < 1.29 is 31.8 Å². The monoisotopic (exact) mass is 253 g/mol. The van der Waals surface area contributed by atoms with Gasteiger partial charge in [0.2, 0.25) is 0 Å². The number of rotatable bonds is 3. The first-order chi connectivity index (χ1) is 6.54. The third-order valence-corrected chi connectivity index (χ3v) is 1.92. The van der Waals surface area contributed by atoms with Gasteiger partial charge < -0.3 is 5.11 Å². The molecule has 0 fully saturated rings. The Bertz CT molecular complexity index is 410. The zero-order valence-corrected chi connectivity index (χ0v) is 9.02. The van der Waals surface area contributed by atoms with E-state index < -0.39 is 17.3 Å². The van der Waals surface area contributed by atoms with Crippen LogP contribution in [0.1, 0.15) is 15.9 Å². The van der Waals surface area contributed by atoms with Crippen LogP contribution in [-0.2, 0) is 21.9 Å². The minimum Gasteiger partial charge on any atom is -0.478 e. The molecule has 83 valence electrons. The number of aliphatic carboxylic acids is 1. The second-order valence-corrected chi connectivity index (χ2v) is 2.93. The third-order valence-electron chi connectivity index (χ3n) is 1.92. The SMILES string of the molecule is C=C(C(=O)O)C(=O)c1ccccc1C.[Cu]. The Balaban J connectivity index is 0.00000196. The first-order valence-corrected chi connectivity index (χ1v) is 4.06. The van der Waals surface area contributed by atoms with E-state index in [1.54, 1.807) is 31.2 Å². The fourth-order valence-corrected chi connectivity index (χ4v) is 1.09. The van der Waals surface area contributed by atoms with Gasteiger partial charge in [-0.25, -0.2) is 4.79 Å². The molecule has 15 heavy (non-hydrogen) atoms. The maximum atomic E-state index is 11.5. The maximum absolute atomic E-state index is 11.5. The largest absolute Gasteiger partial charge is 0.478 e. The number of carbonyl (C=O) groups excluding carboxylic acids is 1. The van der Waals surface area contributed by atoms with Gasteiger partial charge in [0.25, 0.3) is 0 Å². The standard InChI is InChI=1S/C11H10O3.Cu/c1-7-5-3-4-6-9(7)10(12)8(2)11(13)14;/h3-6H,2H2,1H3,(H,13,14);. The summed E-state index contributed by atoms with van der Waals surface area (Å²) in [5.74, 6) is -1.81. The average molecular weight is 254 g/mol. The van der Waals surface area contributed by atoms with Crippen molar-refractivity contribution in [1.29, 1.82) is 0 Å². The fraction of sp³-hybridized carbons (Fsp3) is 0.0909. The first kappa shape index (κ1) is 13.6. The van der Waals surface area contributed by atoms with Crippen LogP contribution in [-0.4, -0.2) is 16.9 Å². The molecule has 1 radical (unpaired) electrons. The Hall–Kier alpha value is -1.38. The number of carbonyl (C=O) groups is 2. The number of carboxylic acid groups (broad SMARTS) is 1. The van der Waals surface area contributed by atoms with Crippen LogP contribution in [0.4, 0.5) is 0 Å². The minimum atomic E-state index is -1.28. The van der Waals surface area contributed by atoms with Crippen molar-refractivity contribution in [3.63, 3.8) is 0 Å². The molecule has 0 heterocycles. The topological polar surface area (TPSA) is 54.4 Å². The summed E-state index contributed by atoms with van der Waals surface area (Å²) in [5, 5.41) is 8.58. The molecule has 0 aliphatic carbocycles. The van der Waals surface area contributed by atoms with Gasteiger partial charge in [0, 0.05) is 22.6 Å². The van der Waals surface area contributed by atoms with Crippen molar-refractivity contribution in [3.8, 4) is 0 Å². The Morgan fingerprint density at radius 1 is 1.27 bits per heavy atom. The summed E-state index contributed by atoms with van der Waals surface area (Å²) in [6.07, 6.45) is 0. The van der Waals surface area contributed by atoms with Crippen molar-refractivity contribution in [2.75, 3.05) is 0 Å². The van der Waals surface area contributed by atoms with E-state index in [1.165, 1.54) is 0 Å². The van der Waals surface area contributed by atoms with Gasteiger partial charge >= 0.3 is 5.97 Å². The Morgan fingerprint density at radius 2 is 1.80 bits per heavy atom. The zero-order chi connectivity index (χ0) is 10.7. The average Bonchev–Trinajstić information content (AvgIpc) is 2.16. The fourth-order valence-electron chi connectivity index (χ4n) is 1.09. The van der Waals surface area contributed by atoms with Gasteiger partial charge in [-0.1, -0.05) is 30.8 Å². The van der Waals surface area contributed by atoms with Crippen molar-refractivity contribution in [3.05, 3.63) is 47.5 Å². The predicted octanol–water partition coefficient (Wildman–Crippen LogP) is 1.82. The molecule has 0 aliphatic heterocycles. The Morgan fingerprint density at radius 3 is 2.27 bits per heavy atom. The van der Waals surface area contributed by atoms with Crippen LogP contribution in [0.15, 0.2) is 36.4 Å². The summed E-state index contributed by atoms with van der Waals surface area (Å²) in [4.78, 5) is 22.0. The molecule has 0 spiro atoms. The van der Waals surface area contributed by atoms with Gasteiger partial charge in [-0.2, -0.15) is 0 Å². The molecule has 0 saturated carbocycles. The summed E-state index contributed by atoms with van der Waals surface area (Å²) < 4.78 is 0. The molecule has 0 saturated heterocycles. The third kappa shape index (κ3) is 3.04. The number of ketones is 1. The van der Waals surface area contributed by atoms with E-state index >= 15 is 0 Å². The molecule has 0 bridgehead atoms. The Labute approximate surface area is 98.3 Å². The van der Waals surface area contributed by atoms with E-state index in [1.807, 2.05) is 0 Å². The molecule has 1 aromatic carbocycles. The van der Waals surface area contributed by atoms with E-state index in [2.05, 4.69) is 6.58 Å².